The van der Waals surface area contributed by atoms with Crippen LogP contribution in [0, 0.1) is 6.92 Å². The molecule has 14 heavy (non-hydrogen) atoms. The maximum absolute atomic E-state index is 11.2. The molecule has 0 bridgehead atoms. The van der Waals surface area contributed by atoms with Crippen LogP contribution in [0.5, 0.6) is 0 Å². The van der Waals surface area contributed by atoms with E-state index in [9.17, 15) is 4.79 Å². The fourth-order valence-corrected chi connectivity index (χ4v) is 1.66. The summed E-state index contributed by atoms with van der Waals surface area (Å²) in [4.78, 5) is 11.2. The van der Waals surface area contributed by atoms with E-state index in [1.54, 1.807) is 6.07 Å². The van der Waals surface area contributed by atoms with E-state index in [0.29, 0.717) is 5.71 Å². The molecular formula is C10H12N2O2. The summed E-state index contributed by atoms with van der Waals surface area (Å²) in [6.45, 7) is 4.00. The molecule has 0 amide bonds. The highest BCUT2D eigenvalue weighted by atomic mass is 16.4. The minimum Gasteiger partial charge on any atom is -0.402 e. The Balaban J connectivity index is 2.77. The number of aryl methyl sites for hydroxylation is 2. The maximum atomic E-state index is 11.2. The van der Waals surface area contributed by atoms with Gasteiger partial charge >= 0.3 is 5.63 Å². The van der Waals surface area contributed by atoms with Gasteiger partial charge in [0.2, 0.25) is 5.71 Å². The molecule has 2 rings (SSSR count). The van der Waals surface area contributed by atoms with Gasteiger partial charge in [-0.25, -0.2) is 4.79 Å². The quantitative estimate of drug-likeness (QED) is 0.788. The van der Waals surface area contributed by atoms with E-state index in [1.165, 1.54) is 0 Å². The molecule has 2 aromatic rings. The zero-order chi connectivity index (χ0) is 10.1. The van der Waals surface area contributed by atoms with E-state index in [1.807, 2.05) is 6.92 Å². The van der Waals surface area contributed by atoms with Gasteiger partial charge < -0.3 is 4.42 Å². The molecule has 0 unspecified atom stereocenters. The highest BCUT2D eigenvalue weighted by Gasteiger charge is 2.09. The first-order valence-electron chi connectivity index (χ1n) is 4.70. The van der Waals surface area contributed by atoms with Crippen LogP contribution in [-0.4, -0.2) is 10.2 Å². The second-order valence-corrected chi connectivity index (χ2v) is 3.37. The number of aromatic amines is 1. The van der Waals surface area contributed by atoms with Crippen molar-refractivity contribution in [3.8, 4) is 0 Å². The predicted octanol–water partition coefficient (Wildman–Crippen LogP) is 1.78. The Labute approximate surface area is 80.9 Å². The number of nitrogens with one attached hydrogen (secondary N) is 1. The minimum absolute atomic E-state index is 0.326. The lowest BCUT2D eigenvalue weighted by Gasteiger charge is -1.98. The summed E-state index contributed by atoms with van der Waals surface area (Å²) in [6, 6.07) is 1.55. The van der Waals surface area contributed by atoms with Crippen molar-refractivity contribution in [3.63, 3.8) is 0 Å². The maximum Gasteiger partial charge on any atom is 0.337 e. The van der Waals surface area contributed by atoms with Crippen molar-refractivity contribution in [1.82, 2.24) is 10.2 Å². The largest absolute Gasteiger partial charge is 0.402 e. The van der Waals surface area contributed by atoms with Gasteiger partial charge in [0, 0.05) is 11.8 Å². The van der Waals surface area contributed by atoms with Crippen molar-refractivity contribution in [1.29, 1.82) is 0 Å². The number of aromatic nitrogens is 2. The van der Waals surface area contributed by atoms with E-state index in [0.717, 1.165) is 29.5 Å². The Kier molecular flexibility index (Phi) is 2.11. The van der Waals surface area contributed by atoms with Crippen molar-refractivity contribution >= 4 is 11.1 Å². The summed E-state index contributed by atoms with van der Waals surface area (Å²) >= 11 is 0. The molecule has 4 heteroatoms. The van der Waals surface area contributed by atoms with Crippen molar-refractivity contribution in [3.05, 3.63) is 27.7 Å². The average Bonchev–Trinajstić information content (AvgIpc) is 2.48. The highest BCUT2D eigenvalue weighted by molar-refractivity contribution is 5.79. The van der Waals surface area contributed by atoms with Gasteiger partial charge in [0.15, 0.2) is 0 Å². The molecule has 0 aliphatic carbocycles. The van der Waals surface area contributed by atoms with Crippen LogP contribution >= 0.6 is 0 Å². The van der Waals surface area contributed by atoms with Gasteiger partial charge in [-0.15, -0.1) is 5.10 Å². The summed E-state index contributed by atoms with van der Waals surface area (Å²) in [6.07, 6.45) is 1.88. The third-order valence-electron chi connectivity index (χ3n) is 2.24. The van der Waals surface area contributed by atoms with Crippen LogP contribution in [0.4, 0.5) is 0 Å². The zero-order valence-electron chi connectivity index (χ0n) is 8.26. The van der Waals surface area contributed by atoms with E-state index >= 15 is 0 Å². The molecule has 0 atom stereocenters. The molecule has 2 heterocycles. The Morgan fingerprint density at radius 1 is 1.57 bits per heavy atom. The summed E-state index contributed by atoms with van der Waals surface area (Å²) < 4.78 is 4.97. The van der Waals surface area contributed by atoms with Crippen LogP contribution in [0.1, 0.15) is 24.6 Å². The number of H-pyrrole nitrogens is 1. The van der Waals surface area contributed by atoms with E-state index in [2.05, 4.69) is 17.1 Å². The Bertz CT molecular complexity index is 510. The van der Waals surface area contributed by atoms with Gasteiger partial charge in [-0.05, 0) is 18.9 Å². The molecule has 0 aromatic carbocycles. The fraction of sp³-hybridized carbons (Fsp3) is 0.400. The van der Waals surface area contributed by atoms with Crippen molar-refractivity contribution in [2.45, 2.75) is 26.7 Å². The molecule has 0 saturated heterocycles. The molecule has 0 saturated carbocycles. The molecule has 0 spiro atoms. The summed E-state index contributed by atoms with van der Waals surface area (Å²) in [5, 5.41) is 7.70. The van der Waals surface area contributed by atoms with E-state index in [-0.39, 0.29) is 5.63 Å². The Morgan fingerprint density at radius 2 is 2.36 bits per heavy atom. The lowest BCUT2D eigenvalue weighted by molar-refractivity contribution is 0.546. The standard InChI is InChI=1S/C10H12N2O2/c1-3-4-7-5-8(13)14-10-9(7)6(2)11-12-10/h5H,3-4H2,1-2H3,(H,11,12). The molecular weight excluding hydrogens is 180 g/mol. The van der Waals surface area contributed by atoms with Crippen molar-refractivity contribution < 1.29 is 4.42 Å². The van der Waals surface area contributed by atoms with Gasteiger partial charge in [0.25, 0.3) is 0 Å². The number of fused-ring (bicyclic) bond motifs is 1. The number of rotatable bonds is 2. The van der Waals surface area contributed by atoms with E-state index in [4.69, 9.17) is 4.42 Å². The van der Waals surface area contributed by atoms with Gasteiger partial charge in [0.1, 0.15) is 0 Å². The van der Waals surface area contributed by atoms with Crippen LogP contribution in [0.3, 0.4) is 0 Å². The molecule has 4 nitrogen and oxygen atoms in total. The van der Waals surface area contributed by atoms with Crippen LogP contribution in [-0.2, 0) is 6.42 Å². The fourth-order valence-electron chi connectivity index (χ4n) is 1.66. The molecule has 1 N–H and O–H groups in total. The predicted molar refractivity (Wildman–Crippen MR) is 53.4 cm³/mol. The van der Waals surface area contributed by atoms with E-state index < -0.39 is 0 Å². The normalized spacial score (nSPS) is 11.0. The number of hydrogen-bond donors (Lipinski definition) is 1. The first-order chi connectivity index (χ1) is 6.72. The average molecular weight is 192 g/mol. The Morgan fingerprint density at radius 3 is 3.07 bits per heavy atom. The number of hydrogen-bond acceptors (Lipinski definition) is 3. The lowest BCUT2D eigenvalue weighted by atomic mass is 10.1. The molecule has 74 valence electrons. The minimum atomic E-state index is -0.326. The zero-order valence-corrected chi connectivity index (χ0v) is 8.26. The SMILES string of the molecule is CCCc1cc(=O)oc2n[nH]c(C)c12. The van der Waals surface area contributed by atoms with Crippen molar-refractivity contribution in [2.24, 2.45) is 0 Å². The second-order valence-electron chi connectivity index (χ2n) is 3.37. The van der Waals surface area contributed by atoms with Gasteiger partial charge in [-0.3, -0.25) is 5.10 Å². The second kappa shape index (κ2) is 3.29. The smallest absolute Gasteiger partial charge is 0.337 e. The van der Waals surface area contributed by atoms with Gasteiger partial charge in [0.05, 0.1) is 5.39 Å². The van der Waals surface area contributed by atoms with Crippen LogP contribution in [0.25, 0.3) is 11.1 Å². The molecule has 0 aliphatic rings. The van der Waals surface area contributed by atoms with Crippen molar-refractivity contribution in [2.75, 3.05) is 0 Å². The lowest BCUT2D eigenvalue weighted by Crippen LogP contribution is -2.00. The summed E-state index contributed by atoms with van der Waals surface area (Å²) in [5.41, 5.74) is 2.06. The van der Waals surface area contributed by atoms with Gasteiger partial charge in [-0.2, -0.15) is 0 Å². The third-order valence-corrected chi connectivity index (χ3v) is 2.24. The first kappa shape index (κ1) is 8.99. The van der Waals surface area contributed by atoms with Crippen LogP contribution in [0.2, 0.25) is 0 Å². The topological polar surface area (TPSA) is 58.9 Å². The first-order valence-corrected chi connectivity index (χ1v) is 4.70. The monoisotopic (exact) mass is 192 g/mol. The summed E-state index contributed by atoms with van der Waals surface area (Å²) in [5.74, 6) is 0. The molecule has 0 fully saturated rings. The molecule has 0 radical (unpaired) electrons. The van der Waals surface area contributed by atoms with Gasteiger partial charge in [-0.1, -0.05) is 13.3 Å². The number of nitrogens with zero attached hydrogens (tertiary/aromatic N) is 1. The highest BCUT2D eigenvalue weighted by Crippen LogP contribution is 2.19. The van der Waals surface area contributed by atoms with Crippen LogP contribution in [0.15, 0.2) is 15.3 Å². The third kappa shape index (κ3) is 1.32. The summed E-state index contributed by atoms with van der Waals surface area (Å²) in [7, 11) is 0. The Hall–Kier alpha value is -1.58. The molecule has 0 aliphatic heterocycles. The molecule has 2 aromatic heterocycles. The van der Waals surface area contributed by atoms with Crippen LogP contribution < -0.4 is 5.63 Å².